The fourth-order valence-corrected chi connectivity index (χ4v) is 3.00. The lowest BCUT2D eigenvalue weighted by Gasteiger charge is -2.14. The summed E-state index contributed by atoms with van der Waals surface area (Å²) >= 11 is 0. The zero-order chi connectivity index (χ0) is 21.2. The highest BCUT2D eigenvalue weighted by atomic mass is 19.1. The fraction of sp³-hybridized carbons (Fsp3) is 0.400. The molecule has 0 unspecified atom stereocenters. The van der Waals surface area contributed by atoms with Crippen molar-refractivity contribution in [3.8, 4) is 16.9 Å². The third-order valence-electron chi connectivity index (χ3n) is 5.10. The van der Waals surface area contributed by atoms with E-state index in [1.54, 1.807) is 30.3 Å². The van der Waals surface area contributed by atoms with Gasteiger partial charge in [-0.2, -0.15) is 0 Å². The van der Waals surface area contributed by atoms with Gasteiger partial charge in [0.25, 0.3) is 0 Å². The van der Waals surface area contributed by atoms with Gasteiger partial charge in [-0.25, -0.2) is 9.18 Å². The molecule has 0 amide bonds. The minimum Gasteiger partial charge on any atom is -0.423 e. The number of benzene rings is 2. The fourth-order valence-electron chi connectivity index (χ4n) is 3.00. The van der Waals surface area contributed by atoms with Gasteiger partial charge in [0.05, 0.1) is 0 Å². The van der Waals surface area contributed by atoms with Crippen LogP contribution in [0.25, 0.3) is 11.1 Å². The molecule has 0 heterocycles. The molecule has 0 saturated heterocycles. The molecule has 2 aromatic carbocycles. The molecule has 2 aromatic rings. The van der Waals surface area contributed by atoms with Crippen LogP contribution in [0, 0.1) is 5.82 Å². The largest absolute Gasteiger partial charge is 0.423 e. The van der Waals surface area contributed by atoms with E-state index in [0.29, 0.717) is 23.3 Å². The average Bonchev–Trinajstić information content (AvgIpc) is 2.72. The van der Waals surface area contributed by atoms with Crippen LogP contribution in [-0.2, 0) is 11.2 Å². The molecule has 0 N–H and O–H groups in total. The number of carbonyl (C=O) groups is 1. The molecule has 0 aromatic heterocycles. The molecular formula is C25H32FNO2. The quantitative estimate of drug-likeness (QED) is 0.201. The molecule has 0 atom stereocenters. The smallest absolute Gasteiger partial charge is 0.338 e. The van der Waals surface area contributed by atoms with Gasteiger partial charge < -0.3 is 9.64 Å². The minimum atomic E-state index is -0.426. The highest BCUT2D eigenvalue weighted by Gasteiger charge is 2.12. The number of ether oxygens (including phenoxy) is 1. The van der Waals surface area contributed by atoms with Crippen molar-refractivity contribution in [3.05, 3.63) is 66.0 Å². The summed E-state index contributed by atoms with van der Waals surface area (Å²) in [5.74, 6) is -0.220. The number of aryl methyl sites for hydroxylation is 1. The van der Waals surface area contributed by atoms with Crippen molar-refractivity contribution in [3.63, 3.8) is 0 Å². The summed E-state index contributed by atoms with van der Waals surface area (Å²) in [5.41, 5.74) is 2.77. The standard InChI is InChI=1S/C25H32FNO2/c1-5-7-8-9-20-10-15-23(24(26)18-20)21-11-13-22(14-12-21)29-25(28)19(3)16-17-27(4)6-2/h10-15,18H,3,5-9,16-17H2,1-2,4H3. The maximum Gasteiger partial charge on any atom is 0.338 e. The van der Waals surface area contributed by atoms with Gasteiger partial charge in [-0.3, -0.25) is 0 Å². The third-order valence-corrected chi connectivity index (χ3v) is 5.10. The molecule has 29 heavy (non-hydrogen) atoms. The van der Waals surface area contributed by atoms with Gasteiger partial charge in [-0.1, -0.05) is 57.5 Å². The van der Waals surface area contributed by atoms with Crippen LogP contribution in [0.2, 0.25) is 0 Å². The van der Waals surface area contributed by atoms with Crippen molar-refractivity contribution in [2.45, 2.75) is 46.0 Å². The second-order valence-electron chi connectivity index (χ2n) is 7.43. The number of halogens is 1. The molecule has 0 aliphatic rings. The van der Waals surface area contributed by atoms with Crippen LogP contribution in [0.1, 0.15) is 45.1 Å². The maximum absolute atomic E-state index is 14.5. The molecule has 0 fully saturated rings. The Balaban J connectivity index is 1.97. The molecule has 0 radical (unpaired) electrons. The first-order chi connectivity index (χ1) is 13.9. The van der Waals surface area contributed by atoms with E-state index in [1.807, 2.05) is 19.2 Å². The number of nitrogens with zero attached hydrogens (tertiary/aromatic N) is 1. The normalized spacial score (nSPS) is 10.9. The SMILES string of the molecule is C=C(CCN(C)CC)C(=O)Oc1ccc(-c2ccc(CCCCC)cc2F)cc1. The van der Waals surface area contributed by atoms with Crippen LogP contribution in [0.4, 0.5) is 4.39 Å². The molecule has 156 valence electrons. The van der Waals surface area contributed by atoms with E-state index in [1.165, 1.54) is 0 Å². The van der Waals surface area contributed by atoms with Crippen molar-refractivity contribution < 1.29 is 13.9 Å². The van der Waals surface area contributed by atoms with Crippen LogP contribution < -0.4 is 4.74 Å². The lowest BCUT2D eigenvalue weighted by Crippen LogP contribution is -2.21. The van der Waals surface area contributed by atoms with Crippen LogP contribution in [0.15, 0.2) is 54.6 Å². The first-order valence-electron chi connectivity index (χ1n) is 10.4. The highest BCUT2D eigenvalue weighted by molar-refractivity contribution is 5.89. The van der Waals surface area contributed by atoms with Crippen LogP contribution in [0.5, 0.6) is 5.75 Å². The molecule has 0 aliphatic carbocycles. The zero-order valence-electron chi connectivity index (χ0n) is 17.8. The number of rotatable bonds is 11. The predicted octanol–water partition coefficient (Wildman–Crippen LogP) is 6.03. The van der Waals surface area contributed by atoms with E-state index in [0.717, 1.165) is 49.9 Å². The van der Waals surface area contributed by atoms with Crippen molar-refractivity contribution >= 4 is 5.97 Å². The lowest BCUT2D eigenvalue weighted by molar-refractivity contribution is -0.130. The summed E-state index contributed by atoms with van der Waals surface area (Å²) in [6, 6.07) is 12.3. The number of hydrogen-bond acceptors (Lipinski definition) is 3. The average molecular weight is 398 g/mol. The Morgan fingerprint density at radius 1 is 1.10 bits per heavy atom. The van der Waals surface area contributed by atoms with E-state index >= 15 is 0 Å². The van der Waals surface area contributed by atoms with E-state index in [-0.39, 0.29) is 5.82 Å². The Hall–Kier alpha value is -2.46. The highest BCUT2D eigenvalue weighted by Crippen LogP contribution is 2.26. The summed E-state index contributed by atoms with van der Waals surface area (Å²) in [6.45, 7) is 9.71. The number of unbranched alkanes of at least 4 members (excludes halogenated alkanes) is 2. The van der Waals surface area contributed by atoms with Gasteiger partial charge in [0.15, 0.2) is 0 Å². The van der Waals surface area contributed by atoms with E-state index in [2.05, 4.69) is 25.3 Å². The molecule has 2 rings (SSSR count). The zero-order valence-corrected chi connectivity index (χ0v) is 17.8. The Kier molecular flexibility index (Phi) is 9.07. The summed E-state index contributed by atoms with van der Waals surface area (Å²) < 4.78 is 19.9. The first kappa shape index (κ1) is 22.8. The Morgan fingerprint density at radius 3 is 2.45 bits per heavy atom. The number of hydrogen-bond donors (Lipinski definition) is 0. The van der Waals surface area contributed by atoms with E-state index < -0.39 is 5.97 Å². The van der Waals surface area contributed by atoms with Crippen LogP contribution in [0.3, 0.4) is 0 Å². The topological polar surface area (TPSA) is 29.5 Å². The van der Waals surface area contributed by atoms with Crippen molar-refractivity contribution in [1.29, 1.82) is 0 Å². The number of carbonyl (C=O) groups excluding carboxylic acids is 1. The molecule has 0 saturated carbocycles. The molecule has 0 aliphatic heterocycles. The molecule has 4 heteroatoms. The monoisotopic (exact) mass is 397 g/mol. The lowest BCUT2D eigenvalue weighted by atomic mass is 10.0. The van der Waals surface area contributed by atoms with Gasteiger partial charge >= 0.3 is 5.97 Å². The second kappa shape index (κ2) is 11.5. The van der Waals surface area contributed by atoms with Gasteiger partial charge in [0.1, 0.15) is 11.6 Å². The summed E-state index contributed by atoms with van der Waals surface area (Å²) in [5, 5.41) is 0. The number of esters is 1. The predicted molar refractivity (Wildman–Crippen MR) is 118 cm³/mol. The van der Waals surface area contributed by atoms with Gasteiger partial charge in [-0.15, -0.1) is 0 Å². The second-order valence-corrected chi connectivity index (χ2v) is 7.43. The molecular weight excluding hydrogens is 365 g/mol. The molecule has 0 spiro atoms. The third kappa shape index (κ3) is 7.13. The first-order valence-corrected chi connectivity index (χ1v) is 10.4. The minimum absolute atomic E-state index is 0.225. The van der Waals surface area contributed by atoms with Crippen molar-refractivity contribution in [2.24, 2.45) is 0 Å². The van der Waals surface area contributed by atoms with Crippen LogP contribution >= 0.6 is 0 Å². The maximum atomic E-state index is 14.5. The summed E-state index contributed by atoms with van der Waals surface area (Å²) in [6.07, 6.45) is 4.86. The van der Waals surface area contributed by atoms with Gasteiger partial charge in [-0.05, 0) is 62.2 Å². The van der Waals surface area contributed by atoms with Crippen molar-refractivity contribution in [1.82, 2.24) is 4.90 Å². The Bertz CT molecular complexity index is 814. The Morgan fingerprint density at radius 2 is 1.83 bits per heavy atom. The van der Waals surface area contributed by atoms with Crippen LogP contribution in [-0.4, -0.2) is 31.0 Å². The molecule has 0 bridgehead atoms. The summed E-state index contributed by atoms with van der Waals surface area (Å²) in [7, 11) is 1.99. The van der Waals surface area contributed by atoms with Crippen molar-refractivity contribution in [2.75, 3.05) is 20.1 Å². The van der Waals surface area contributed by atoms with Gasteiger partial charge in [0, 0.05) is 17.7 Å². The Labute approximate surface area is 174 Å². The molecule has 3 nitrogen and oxygen atoms in total. The van der Waals surface area contributed by atoms with Gasteiger partial charge in [0.2, 0.25) is 0 Å². The summed E-state index contributed by atoms with van der Waals surface area (Å²) in [4.78, 5) is 14.3. The van der Waals surface area contributed by atoms with E-state index in [9.17, 15) is 9.18 Å². The van der Waals surface area contributed by atoms with E-state index in [4.69, 9.17) is 4.74 Å².